The Bertz CT molecular complexity index is 731. The standard InChI is InChI=1S/C16H18O5S/c1-3-13(11-12-7-5-4-6-8-12)20-16(17)14-9-10-15(21-14)22(2,18)19/h4-10,13H,3,11H2,1-2H3. The van der Waals surface area contributed by atoms with Crippen LogP contribution in [0.15, 0.2) is 52.0 Å². The molecule has 0 fully saturated rings. The Morgan fingerprint density at radius 3 is 2.41 bits per heavy atom. The van der Waals surface area contributed by atoms with E-state index in [1.807, 2.05) is 37.3 Å². The molecule has 1 aromatic carbocycles. The molecule has 0 aliphatic heterocycles. The molecule has 0 spiro atoms. The van der Waals surface area contributed by atoms with E-state index in [1.54, 1.807) is 0 Å². The van der Waals surface area contributed by atoms with Crippen LogP contribution in [-0.2, 0) is 21.0 Å². The summed E-state index contributed by atoms with van der Waals surface area (Å²) in [7, 11) is -3.47. The second-order valence-corrected chi connectivity index (χ2v) is 6.96. The van der Waals surface area contributed by atoms with Gasteiger partial charge in [0, 0.05) is 12.7 Å². The second-order valence-electron chi connectivity index (χ2n) is 5.02. The summed E-state index contributed by atoms with van der Waals surface area (Å²) in [5.41, 5.74) is 1.07. The molecule has 1 aromatic heterocycles. The van der Waals surface area contributed by atoms with Crippen molar-refractivity contribution in [3.05, 3.63) is 53.8 Å². The van der Waals surface area contributed by atoms with Gasteiger partial charge in [-0.1, -0.05) is 37.3 Å². The smallest absolute Gasteiger partial charge is 0.374 e. The van der Waals surface area contributed by atoms with Crippen molar-refractivity contribution < 1.29 is 22.4 Å². The highest BCUT2D eigenvalue weighted by Crippen LogP contribution is 2.17. The minimum atomic E-state index is -3.47. The van der Waals surface area contributed by atoms with E-state index in [-0.39, 0.29) is 17.0 Å². The lowest BCUT2D eigenvalue weighted by Gasteiger charge is -2.15. The van der Waals surface area contributed by atoms with Crippen molar-refractivity contribution in [1.29, 1.82) is 0 Å². The fraction of sp³-hybridized carbons (Fsp3) is 0.312. The van der Waals surface area contributed by atoms with Crippen LogP contribution in [-0.4, -0.2) is 26.7 Å². The van der Waals surface area contributed by atoms with Gasteiger partial charge >= 0.3 is 5.97 Å². The molecule has 0 amide bonds. The molecule has 0 radical (unpaired) electrons. The topological polar surface area (TPSA) is 73.6 Å². The molecule has 1 atom stereocenters. The third-order valence-electron chi connectivity index (χ3n) is 3.18. The molecule has 2 aromatic rings. The number of rotatable bonds is 6. The molecule has 6 heteroatoms. The van der Waals surface area contributed by atoms with Gasteiger partial charge in [0.05, 0.1) is 0 Å². The number of benzene rings is 1. The molecule has 0 saturated carbocycles. The highest BCUT2D eigenvalue weighted by molar-refractivity contribution is 7.90. The molecule has 0 aliphatic carbocycles. The van der Waals surface area contributed by atoms with Crippen molar-refractivity contribution in [2.24, 2.45) is 0 Å². The first-order chi connectivity index (χ1) is 10.4. The largest absolute Gasteiger partial charge is 0.456 e. The molecule has 5 nitrogen and oxygen atoms in total. The fourth-order valence-corrected chi connectivity index (χ4v) is 2.54. The van der Waals surface area contributed by atoms with Crippen LogP contribution in [0.4, 0.5) is 0 Å². The van der Waals surface area contributed by atoms with Gasteiger partial charge in [-0.2, -0.15) is 0 Å². The summed E-state index contributed by atoms with van der Waals surface area (Å²) in [6, 6.07) is 12.3. The van der Waals surface area contributed by atoms with Gasteiger partial charge in [0.25, 0.3) is 0 Å². The summed E-state index contributed by atoms with van der Waals surface area (Å²) in [5.74, 6) is -0.760. The highest BCUT2D eigenvalue weighted by atomic mass is 32.2. The number of esters is 1. The lowest BCUT2D eigenvalue weighted by molar-refractivity contribution is 0.0253. The maximum absolute atomic E-state index is 12.0. The van der Waals surface area contributed by atoms with Crippen molar-refractivity contribution >= 4 is 15.8 Å². The number of hydrogen-bond donors (Lipinski definition) is 0. The summed E-state index contributed by atoms with van der Waals surface area (Å²) in [6.07, 6.45) is 1.98. The molecule has 0 aliphatic rings. The molecular weight excluding hydrogens is 304 g/mol. The summed E-state index contributed by atoms with van der Waals surface area (Å²) >= 11 is 0. The first kappa shape index (κ1) is 16.3. The van der Waals surface area contributed by atoms with E-state index in [9.17, 15) is 13.2 Å². The van der Waals surface area contributed by atoms with E-state index >= 15 is 0 Å². The summed E-state index contributed by atoms with van der Waals surface area (Å²) in [5, 5.41) is -0.240. The van der Waals surface area contributed by atoms with Crippen LogP contribution in [0, 0.1) is 0 Å². The van der Waals surface area contributed by atoms with Gasteiger partial charge in [-0.25, -0.2) is 13.2 Å². The number of furan rings is 1. The monoisotopic (exact) mass is 322 g/mol. The SMILES string of the molecule is CCC(Cc1ccccc1)OC(=O)c1ccc(S(C)(=O)=O)o1. The van der Waals surface area contributed by atoms with Gasteiger partial charge in [-0.3, -0.25) is 0 Å². The fourth-order valence-electron chi connectivity index (χ4n) is 1.98. The van der Waals surface area contributed by atoms with Crippen LogP contribution in [0.2, 0.25) is 0 Å². The quantitative estimate of drug-likeness (QED) is 0.765. The van der Waals surface area contributed by atoms with E-state index in [0.29, 0.717) is 12.8 Å². The van der Waals surface area contributed by atoms with Crippen LogP contribution >= 0.6 is 0 Å². The van der Waals surface area contributed by atoms with Crippen molar-refractivity contribution in [1.82, 2.24) is 0 Å². The lowest BCUT2D eigenvalue weighted by Crippen LogP contribution is -2.19. The Kier molecular flexibility index (Phi) is 5.03. The maximum atomic E-state index is 12.0. The van der Waals surface area contributed by atoms with Gasteiger partial charge in [0.15, 0.2) is 0 Å². The minimum absolute atomic E-state index is 0.105. The Morgan fingerprint density at radius 1 is 1.18 bits per heavy atom. The van der Waals surface area contributed by atoms with Crippen LogP contribution in [0.5, 0.6) is 0 Å². The van der Waals surface area contributed by atoms with Crippen LogP contribution in [0.3, 0.4) is 0 Å². The zero-order valence-corrected chi connectivity index (χ0v) is 13.3. The molecule has 0 saturated heterocycles. The number of ether oxygens (including phenoxy) is 1. The lowest BCUT2D eigenvalue weighted by atomic mass is 10.1. The molecule has 22 heavy (non-hydrogen) atoms. The molecule has 0 bridgehead atoms. The van der Waals surface area contributed by atoms with Crippen molar-refractivity contribution in [2.75, 3.05) is 6.26 Å². The summed E-state index contributed by atoms with van der Waals surface area (Å²) in [6.45, 7) is 1.92. The maximum Gasteiger partial charge on any atom is 0.374 e. The Balaban J connectivity index is 2.05. The van der Waals surface area contributed by atoms with Gasteiger partial charge in [0.1, 0.15) is 6.10 Å². The molecular formula is C16H18O5S. The predicted octanol–water partition coefficient (Wildman–Crippen LogP) is 2.86. The number of sulfone groups is 1. The second kappa shape index (κ2) is 6.79. The Morgan fingerprint density at radius 2 is 1.86 bits per heavy atom. The normalized spacial score (nSPS) is 12.8. The zero-order valence-electron chi connectivity index (χ0n) is 12.5. The van der Waals surface area contributed by atoms with Gasteiger partial charge in [-0.05, 0) is 24.1 Å². The van der Waals surface area contributed by atoms with Crippen molar-refractivity contribution in [2.45, 2.75) is 31.0 Å². The Hall–Kier alpha value is -2.08. The first-order valence-corrected chi connectivity index (χ1v) is 8.84. The number of hydrogen-bond acceptors (Lipinski definition) is 5. The van der Waals surface area contributed by atoms with Crippen molar-refractivity contribution in [3.8, 4) is 0 Å². The minimum Gasteiger partial charge on any atom is -0.456 e. The van der Waals surface area contributed by atoms with Gasteiger partial charge in [0.2, 0.25) is 20.7 Å². The number of carbonyl (C=O) groups excluding carboxylic acids is 1. The Labute approximate surface area is 129 Å². The summed E-state index contributed by atoms with van der Waals surface area (Å²) in [4.78, 5) is 12.0. The third-order valence-corrected chi connectivity index (χ3v) is 4.13. The number of carbonyl (C=O) groups is 1. The summed E-state index contributed by atoms with van der Waals surface area (Å²) < 4.78 is 33.1. The van der Waals surface area contributed by atoms with Crippen molar-refractivity contribution in [3.63, 3.8) is 0 Å². The van der Waals surface area contributed by atoms with E-state index in [1.165, 1.54) is 12.1 Å². The van der Waals surface area contributed by atoms with E-state index in [0.717, 1.165) is 11.8 Å². The van der Waals surface area contributed by atoms with E-state index in [2.05, 4.69) is 0 Å². The van der Waals surface area contributed by atoms with E-state index in [4.69, 9.17) is 9.15 Å². The average Bonchev–Trinajstić information content (AvgIpc) is 2.97. The molecule has 1 unspecified atom stereocenters. The van der Waals surface area contributed by atoms with Gasteiger partial charge < -0.3 is 9.15 Å². The highest BCUT2D eigenvalue weighted by Gasteiger charge is 2.21. The molecule has 0 N–H and O–H groups in total. The van der Waals surface area contributed by atoms with Crippen LogP contribution in [0.25, 0.3) is 0 Å². The molecule has 118 valence electrons. The van der Waals surface area contributed by atoms with E-state index < -0.39 is 15.8 Å². The first-order valence-electron chi connectivity index (χ1n) is 6.95. The molecule has 1 heterocycles. The average molecular weight is 322 g/mol. The molecule has 2 rings (SSSR count). The van der Waals surface area contributed by atoms with Gasteiger partial charge in [-0.15, -0.1) is 0 Å². The van der Waals surface area contributed by atoms with Crippen LogP contribution in [0.1, 0.15) is 29.5 Å². The third kappa shape index (κ3) is 4.21. The van der Waals surface area contributed by atoms with Crippen LogP contribution < -0.4 is 0 Å². The predicted molar refractivity (Wildman–Crippen MR) is 81.5 cm³/mol. The zero-order chi connectivity index (χ0) is 16.2.